The standard InChI is InChI=1S/C22H31N3OS2/c1-18-7-4-11-24(16-18)12-6-13-25(17-20-9-5-14-26-20)22(27)23-19-8-3-10-21(15-19)28-2/h3,5,8-10,14-15,18H,4,6-7,11-13,16-17H2,1-2H3,(H,23,27). The van der Waals surface area contributed by atoms with Gasteiger partial charge in [-0.15, -0.1) is 11.8 Å². The Morgan fingerprint density at radius 1 is 1.36 bits per heavy atom. The molecule has 1 unspecified atom stereocenters. The van der Waals surface area contributed by atoms with Crippen LogP contribution in [0.3, 0.4) is 0 Å². The number of benzene rings is 1. The molecule has 1 N–H and O–H groups in total. The molecule has 6 heteroatoms. The highest BCUT2D eigenvalue weighted by atomic mass is 32.2. The molecule has 4 nitrogen and oxygen atoms in total. The molecular weight excluding hydrogens is 386 g/mol. The third kappa shape index (κ3) is 6.54. The van der Waals surface area contributed by atoms with E-state index < -0.39 is 0 Å². The van der Waals surface area contributed by atoms with Gasteiger partial charge in [-0.3, -0.25) is 0 Å². The number of likely N-dealkylation sites (tertiary alicyclic amines) is 1. The lowest BCUT2D eigenvalue weighted by Gasteiger charge is -2.32. The molecule has 152 valence electrons. The minimum absolute atomic E-state index is 0.692. The average Bonchev–Trinajstić information content (AvgIpc) is 3.20. The van der Waals surface area contributed by atoms with Crippen molar-refractivity contribution >= 4 is 34.8 Å². The number of anilines is 1. The maximum Gasteiger partial charge on any atom is 0.173 e. The number of thiocarbonyl (C=S) groups is 1. The third-order valence-electron chi connectivity index (χ3n) is 5.18. The highest BCUT2D eigenvalue weighted by molar-refractivity contribution is 7.98. The number of hydrogen-bond acceptors (Lipinski definition) is 4. The van der Waals surface area contributed by atoms with Gasteiger partial charge in [0.05, 0.1) is 12.8 Å². The van der Waals surface area contributed by atoms with Crippen LogP contribution in [0.5, 0.6) is 0 Å². The van der Waals surface area contributed by atoms with Crippen LogP contribution in [-0.2, 0) is 6.54 Å². The maximum atomic E-state index is 5.75. The highest BCUT2D eigenvalue weighted by Gasteiger charge is 2.17. The Bertz CT molecular complexity index is 735. The van der Waals surface area contributed by atoms with E-state index in [4.69, 9.17) is 16.6 Å². The van der Waals surface area contributed by atoms with Crippen LogP contribution in [-0.4, -0.2) is 47.3 Å². The Labute approximate surface area is 178 Å². The highest BCUT2D eigenvalue weighted by Crippen LogP contribution is 2.20. The van der Waals surface area contributed by atoms with Gasteiger partial charge in [-0.25, -0.2) is 0 Å². The monoisotopic (exact) mass is 417 g/mol. The van der Waals surface area contributed by atoms with Gasteiger partial charge in [0, 0.05) is 23.7 Å². The summed E-state index contributed by atoms with van der Waals surface area (Å²) in [6, 6.07) is 12.3. The van der Waals surface area contributed by atoms with E-state index in [1.165, 1.54) is 30.8 Å². The molecule has 1 aromatic heterocycles. The van der Waals surface area contributed by atoms with Crippen LogP contribution < -0.4 is 5.32 Å². The zero-order chi connectivity index (χ0) is 19.8. The van der Waals surface area contributed by atoms with Crippen molar-refractivity contribution in [2.45, 2.75) is 37.6 Å². The van der Waals surface area contributed by atoms with Crippen LogP contribution in [0.25, 0.3) is 0 Å². The molecule has 2 heterocycles. The minimum Gasteiger partial charge on any atom is -0.467 e. The van der Waals surface area contributed by atoms with Gasteiger partial charge in [-0.1, -0.05) is 13.0 Å². The minimum atomic E-state index is 0.692. The van der Waals surface area contributed by atoms with Crippen LogP contribution in [0.1, 0.15) is 31.9 Å². The summed E-state index contributed by atoms with van der Waals surface area (Å²) in [6.45, 7) is 7.55. The van der Waals surface area contributed by atoms with Crippen molar-refractivity contribution in [3.63, 3.8) is 0 Å². The Morgan fingerprint density at radius 2 is 2.25 bits per heavy atom. The fourth-order valence-electron chi connectivity index (χ4n) is 3.72. The van der Waals surface area contributed by atoms with Crippen molar-refractivity contribution in [1.82, 2.24) is 9.80 Å². The topological polar surface area (TPSA) is 31.6 Å². The first kappa shape index (κ1) is 21.2. The van der Waals surface area contributed by atoms with E-state index >= 15 is 0 Å². The smallest absolute Gasteiger partial charge is 0.173 e. The molecule has 1 aromatic carbocycles. The van der Waals surface area contributed by atoms with Gasteiger partial charge in [0.2, 0.25) is 0 Å². The molecule has 0 amide bonds. The second kappa shape index (κ2) is 10.9. The quantitative estimate of drug-likeness (QED) is 0.462. The van der Waals surface area contributed by atoms with E-state index in [0.717, 1.165) is 42.0 Å². The summed E-state index contributed by atoms with van der Waals surface area (Å²) in [5.74, 6) is 1.76. The van der Waals surface area contributed by atoms with Gasteiger partial charge >= 0.3 is 0 Å². The van der Waals surface area contributed by atoms with E-state index in [-0.39, 0.29) is 0 Å². The lowest BCUT2D eigenvalue weighted by atomic mass is 10.0. The van der Waals surface area contributed by atoms with Gasteiger partial charge in [0.15, 0.2) is 5.11 Å². The zero-order valence-electron chi connectivity index (χ0n) is 16.9. The van der Waals surface area contributed by atoms with Gasteiger partial charge in [-0.2, -0.15) is 0 Å². The number of furan rings is 1. The first-order valence-electron chi connectivity index (χ1n) is 10.1. The number of rotatable bonds is 8. The van der Waals surface area contributed by atoms with Gasteiger partial charge < -0.3 is 19.5 Å². The predicted molar refractivity (Wildman–Crippen MR) is 123 cm³/mol. The Kier molecular flexibility index (Phi) is 8.25. The molecular formula is C22H31N3OS2. The van der Waals surface area contributed by atoms with Crippen molar-refractivity contribution in [2.24, 2.45) is 5.92 Å². The SMILES string of the molecule is CSc1cccc(NC(=S)N(CCCN2CCCC(C)C2)Cc2ccco2)c1. The molecule has 28 heavy (non-hydrogen) atoms. The summed E-state index contributed by atoms with van der Waals surface area (Å²) in [6.07, 6.45) is 7.59. The molecule has 1 aliphatic rings. The number of nitrogens with zero attached hydrogens (tertiary/aromatic N) is 2. The zero-order valence-corrected chi connectivity index (χ0v) is 18.5. The van der Waals surface area contributed by atoms with Crippen LogP contribution in [0.15, 0.2) is 52.0 Å². The van der Waals surface area contributed by atoms with Crippen LogP contribution >= 0.6 is 24.0 Å². The van der Waals surface area contributed by atoms with E-state index in [9.17, 15) is 0 Å². The second-order valence-corrected chi connectivity index (χ2v) is 8.83. The lowest BCUT2D eigenvalue weighted by molar-refractivity contribution is 0.177. The van der Waals surface area contributed by atoms with E-state index in [2.05, 4.69) is 52.6 Å². The predicted octanol–water partition coefficient (Wildman–Crippen LogP) is 5.32. The van der Waals surface area contributed by atoms with Crippen molar-refractivity contribution in [3.05, 3.63) is 48.4 Å². The molecule has 3 rings (SSSR count). The first-order valence-corrected chi connectivity index (χ1v) is 11.7. The Hall–Kier alpha value is -1.50. The molecule has 1 atom stereocenters. The largest absolute Gasteiger partial charge is 0.467 e. The molecule has 0 aliphatic carbocycles. The first-order chi connectivity index (χ1) is 13.6. The van der Waals surface area contributed by atoms with Crippen LogP contribution in [0.4, 0.5) is 5.69 Å². The molecule has 0 radical (unpaired) electrons. The second-order valence-electron chi connectivity index (χ2n) is 7.56. The van der Waals surface area contributed by atoms with Gasteiger partial charge in [0.1, 0.15) is 5.76 Å². The number of hydrogen-bond donors (Lipinski definition) is 1. The van der Waals surface area contributed by atoms with E-state index in [1.54, 1.807) is 18.0 Å². The number of nitrogens with one attached hydrogen (secondary N) is 1. The average molecular weight is 418 g/mol. The third-order valence-corrected chi connectivity index (χ3v) is 6.26. The maximum absolute atomic E-state index is 5.75. The van der Waals surface area contributed by atoms with Crippen molar-refractivity contribution in [3.8, 4) is 0 Å². The number of thioether (sulfide) groups is 1. The molecule has 0 spiro atoms. The van der Waals surface area contributed by atoms with E-state index in [1.807, 2.05) is 12.1 Å². The summed E-state index contributed by atoms with van der Waals surface area (Å²) < 4.78 is 5.57. The molecule has 2 aromatic rings. The normalized spacial score (nSPS) is 17.4. The fraction of sp³-hybridized carbons (Fsp3) is 0.500. The summed E-state index contributed by atoms with van der Waals surface area (Å²) in [5.41, 5.74) is 1.03. The van der Waals surface area contributed by atoms with E-state index in [0.29, 0.717) is 6.54 Å². The Balaban J connectivity index is 1.58. The van der Waals surface area contributed by atoms with Gasteiger partial charge in [0.25, 0.3) is 0 Å². The molecule has 0 saturated carbocycles. The molecule has 1 aliphatic heterocycles. The van der Waals surface area contributed by atoms with Crippen LogP contribution in [0, 0.1) is 5.92 Å². The van der Waals surface area contributed by atoms with Crippen molar-refractivity contribution in [2.75, 3.05) is 37.8 Å². The summed E-state index contributed by atoms with van der Waals surface area (Å²) in [7, 11) is 0. The van der Waals surface area contributed by atoms with Crippen molar-refractivity contribution in [1.29, 1.82) is 0 Å². The molecule has 0 bridgehead atoms. The Morgan fingerprint density at radius 3 is 3.00 bits per heavy atom. The van der Waals surface area contributed by atoms with Crippen LogP contribution in [0.2, 0.25) is 0 Å². The molecule has 1 saturated heterocycles. The van der Waals surface area contributed by atoms with Crippen molar-refractivity contribution < 1.29 is 4.42 Å². The lowest BCUT2D eigenvalue weighted by Crippen LogP contribution is -2.39. The number of piperidine rings is 1. The summed E-state index contributed by atoms with van der Waals surface area (Å²) in [5, 5.41) is 4.16. The summed E-state index contributed by atoms with van der Waals surface area (Å²) in [4.78, 5) is 6.04. The van der Waals surface area contributed by atoms with Gasteiger partial charge in [-0.05, 0) is 87.1 Å². The summed E-state index contributed by atoms with van der Waals surface area (Å²) >= 11 is 7.49. The fourth-order valence-corrected chi connectivity index (χ4v) is 4.45. The molecule has 1 fully saturated rings.